The lowest BCUT2D eigenvalue weighted by atomic mass is 9.70. The second-order valence-electron chi connectivity index (χ2n) is 13.6. The summed E-state index contributed by atoms with van der Waals surface area (Å²) in [6, 6.07) is 15.7. The molecule has 3 amide bonds. The minimum atomic E-state index is -1.29. The molecule has 0 saturated carbocycles. The highest BCUT2D eigenvalue weighted by Gasteiger charge is 2.76. The molecule has 3 fully saturated rings. The number of carbonyl (C=O) groups excluding carboxylic acids is 4. The summed E-state index contributed by atoms with van der Waals surface area (Å²) in [5, 5.41) is 10.8. The number of nitrogens with zero attached hydrogens (tertiary/aromatic N) is 3. The van der Waals surface area contributed by atoms with Crippen molar-refractivity contribution in [1.82, 2.24) is 14.7 Å². The van der Waals surface area contributed by atoms with Crippen LogP contribution in [0.3, 0.4) is 0 Å². The fourth-order valence-electron chi connectivity index (χ4n) is 7.98. The van der Waals surface area contributed by atoms with Crippen LogP contribution in [-0.4, -0.2) is 93.5 Å². The van der Waals surface area contributed by atoms with Gasteiger partial charge in [0, 0.05) is 26.1 Å². The van der Waals surface area contributed by atoms with Crippen molar-refractivity contribution < 1.29 is 33.8 Å². The summed E-state index contributed by atoms with van der Waals surface area (Å²) < 4.78 is 13.0. The van der Waals surface area contributed by atoms with Gasteiger partial charge in [0.2, 0.25) is 17.7 Å². The number of ether oxygens (including phenoxy) is 2. The Morgan fingerprint density at radius 2 is 1.67 bits per heavy atom. The second kappa shape index (κ2) is 15.1. The van der Waals surface area contributed by atoms with Crippen LogP contribution in [0.4, 0.5) is 0 Å². The number of allylic oxidation sites excluding steroid dienone is 1. The minimum Gasteiger partial charge on any atom is -0.455 e. The van der Waals surface area contributed by atoms with E-state index in [1.807, 2.05) is 81.4 Å². The third kappa shape index (κ3) is 6.56. The van der Waals surface area contributed by atoms with E-state index in [1.165, 1.54) is 4.90 Å². The molecule has 3 aliphatic heterocycles. The van der Waals surface area contributed by atoms with Crippen molar-refractivity contribution >= 4 is 23.7 Å². The molecule has 0 aromatic heterocycles. The highest BCUT2D eigenvalue weighted by atomic mass is 16.6. The molecule has 10 heteroatoms. The van der Waals surface area contributed by atoms with Gasteiger partial charge in [-0.1, -0.05) is 72.8 Å². The lowest BCUT2D eigenvalue weighted by Crippen LogP contribution is -2.58. The number of aliphatic hydroxyl groups excluding tert-OH is 1. The lowest BCUT2D eigenvalue weighted by Gasteiger charge is -2.40. The maximum absolute atomic E-state index is 14.8. The van der Waals surface area contributed by atoms with Crippen molar-refractivity contribution in [3.05, 3.63) is 97.1 Å². The minimum absolute atomic E-state index is 0.111. The quantitative estimate of drug-likeness (QED) is 0.217. The van der Waals surface area contributed by atoms with Crippen molar-refractivity contribution in [2.24, 2.45) is 11.8 Å². The summed E-state index contributed by atoms with van der Waals surface area (Å²) in [7, 11) is 1.69. The number of hydrogen-bond donors (Lipinski definition) is 1. The number of benzene rings is 2. The smallest absolute Gasteiger partial charge is 0.313 e. The first-order valence-electron chi connectivity index (χ1n) is 17.2. The van der Waals surface area contributed by atoms with Crippen LogP contribution < -0.4 is 0 Å². The first-order valence-corrected chi connectivity index (χ1v) is 17.2. The molecule has 10 nitrogen and oxygen atoms in total. The zero-order valence-electron chi connectivity index (χ0n) is 28.9. The van der Waals surface area contributed by atoms with Gasteiger partial charge in [-0.3, -0.25) is 19.2 Å². The van der Waals surface area contributed by atoms with Crippen LogP contribution in [0.2, 0.25) is 0 Å². The Balaban J connectivity index is 1.54. The normalized spacial score (nSPS) is 25.8. The summed E-state index contributed by atoms with van der Waals surface area (Å²) in [4.78, 5) is 61.6. The first kappa shape index (κ1) is 36.0. The average Bonchev–Trinajstić information content (AvgIpc) is 3.76. The van der Waals surface area contributed by atoms with Crippen LogP contribution in [0.1, 0.15) is 69.7 Å². The molecule has 5 rings (SSSR count). The number of fused-ring (bicyclic) bond motifs is 1. The molecule has 2 bridgehead atoms. The molecule has 49 heavy (non-hydrogen) atoms. The third-order valence-corrected chi connectivity index (χ3v) is 10.5. The van der Waals surface area contributed by atoms with E-state index in [2.05, 4.69) is 13.2 Å². The van der Waals surface area contributed by atoms with Gasteiger partial charge in [0.15, 0.2) is 0 Å². The fourth-order valence-corrected chi connectivity index (χ4v) is 7.98. The standard InChI is InChI=1S/C39H49N3O7/c1-7-9-20-31(44)40(6)26(5)34(28-18-14-11-15-19-28)48-38(47)32-30-21-22-39(49-30)33(32)36(45)42(29(24-43)27-16-12-10-13-17-27)35(39)37(46)41(23-8-2)25(3)4/h7-8,10-19,25-26,29-30,32-35,43H,1-2,9,20-24H2,3-6H3/t26-,29-,30+,32-,33-,34+,35+,39-/m1/s1. The van der Waals surface area contributed by atoms with E-state index in [0.717, 1.165) is 0 Å². The average molecular weight is 672 g/mol. The molecule has 0 radical (unpaired) electrons. The Bertz CT molecular complexity index is 1530. The number of rotatable bonds is 15. The zero-order valence-corrected chi connectivity index (χ0v) is 28.9. The van der Waals surface area contributed by atoms with Crippen molar-refractivity contribution in [1.29, 1.82) is 0 Å². The lowest BCUT2D eigenvalue weighted by molar-refractivity contribution is -0.165. The predicted molar refractivity (Wildman–Crippen MR) is 185 cm³/mol. The first-order chi connectivity index (χ1) is 23.5. The van der Waals surface area contributed by atoms with Crippen LogP contribution in [0.25, 0.3) is 0 Å². The van der Waals surface area contributed by atoms with Crippen LogP contribution in [0.15, 0.2) is 86.0 Å². The van der Waals surface area contributed by atoms with E-state index < -0.39 is 66.3 Å². The van der Waals surface area contributed by atoms with E-state index in [9.17, 15) is 24.3 Å². The summed E-state index contributed by atoms with van der Waals surface area (Å²) in [5.41, 5.74) is 0.0899. The summed E-state index contributed by atoms with van der Waals surface area (Å²) in [5.74, 6) is -3.44. The van der Waals surface area contributed by atoms with Gasteiger partial charge in [-0.05, 0) is 51.2 Å². The van der Waals surface area contributed by atoms with Gasteiger partial charge in [0.05, 0.1) is 36.6 Å². The van der Waals surface area contributed by atoms with Crippen molar-refractivity contribution in [3.8, 4) is 0 Å². The zero-order chi connectivity index (χ0) is 35.5. The molecule has 3 aliphatic rings. The van der Waals surface area contributed by atoms with E-state index >= 15 is 0 Å². The van der Waals surface area contributed by atoms with E-state index in [0.29, 0.717) is 30.4 Å². The topological polar surface area (TPSA) is 117 Å². The number of esters is 1. The maximum Gasteiger partial charge on any atom is 0.313 e. The van der Waals surface area contributed by atoms with Crippen molar-refractivity contribution in [2.45, 2.75) is 88.4 Å². The molecule has 2 aromatic rings. The molecule has 3 saturated heterocycles. The molecule has 2 aromatic carbocycles. The third-order valence-electron chi connectivity index (χ3n) is 10.5. The SMILES string of the molecule is C=CCCC(=O)N(C)[C@H](C)[C@H](OC(=O)[C@@H]1[C@@H]2CC[C@]3(O2)[C@H](C(=O)N(CC=C)C(C)C)N([C@H](CO)c2ccccc2)C(=O)[C@@H]13)c1ccccc1. The van der Waals surface area contributed by atoms with Gasteiger partial charge in [0.25, 0.3) is 0 Å². The molecule has 1 N–H and O–H groups in total. The molecule has 8 atom stereocenters. The van der Waals surface area contributed by atoms with E-state index in [-0.39, 0.29) is 30.8 Å². The van der Waals surface area contributed by atoms with Gasteiger partial charge in [-0.15, -0.1) is 13.2 Å². The van der Waals surface area contributed by atoms with Crippen LogP contribution >= 0.6 is 0 Å². The Hall–Kier alpha value is -4.28. The van der Waals surface area contributed by atoms with Gasteiger partial charge < -0.3 is 29.3 Å². The number of aliphatic hydroxyl groups is 1. The molecular weight excluding hydrogens is 622 g/mol. The van der Waals surface area contributed by atoms with Gasteiger partial charge in [0.1, 0.15) is 17.7 Å². The number of hydrogen-bond acceptors (Lipinski definition) is 7. The number of likely N-dealkylation sites (N-methyl/N-ethyl adjacent to an activating group) is 1. The molecule has 3 heterocycles. The number of likely N-dealkylation sites (tertiary alicyclic amines) is 1. The number of carbonyl (C=O) groups is 4. The van der Waals surface area contributed by atoms with E-state index in [1.54, 1.807) is 29.0 Å². The van der Waals surface area contributed by atoms with Gasteiger partial charge in [-0.25, -0.2) is 0 Å². The Labute approximate surface area is 289 Å². The monoisotopic (exact) mass is 671 g/mol. The highest BCUT2D eigenvalue weighted by molar-refractivity contribution is 5.98. The summed E-state index contributed by atoms with van der Waals surface area (Å²) in [6.07, 6.45) is 3.53. The Morgan fingerprint density at radius 3 is 2.24 bits per heavy atom. The summed E-state index contributed by atoms with van der Waals surface area (Å²) >= 11 is 0. The molecule has 262 valence electrons. The predicted octanol–water partition coefficient (Wildman–Crippen LogP) is 4.62. The Kier molecular flexibility index (Phi) is 11.1. The molecule has 0 unspecified atom stereocenters. The number of amides is 3. The van der Waals surface area contributed by atoms with E-state index in [4.69, 9.17) is 9.47 Å². The largest absolute Gasteiger partial charge is 0.455 e. The molecule has 0 aliphatic carbocycles. The van der Waals surface area contributed by atoms with Gasteiger partial charge >= 0.3 is 5.97 Å². The second-order valence-corrected chi connectivity index (χ2v) is 13.6. The van der Waals surface area contributed by atoms with Crippen LogP contribution in [0, 0.1) is 11.8 Å². The summed E-state index contributed by atoms with van der Waals surface area (Å²) in [6.45, 7) is 13.0. The van der Waals surface area contributed by atoms with Crippen LogP contribution in [-0.2, 0) is 28.7 Å². The molecule has 1 spiro atoms. The highest BCUT2D eigenvalue weighted by Crippen LogP contribution is 2.60. The van der Waals surface area contributed by atoms with Gasteiger partial charge in [-0.2, -0.15) is 0 Å². The fraction of sp³-hybridized carbons (Fsp3) is 0.487. The van der Waals surface area contributed by atoms with Crippen LogP contribution in [0.5, 0.6) is 0 Å². The maximum atomic E-state index is 14.8. The Morgan fingerprint density at radius 1 is 1.04 bits per heavy atom. The van der Waals surface area contributed by atoms with Crippen molar-refractivity contribution in [3.63, 3.8) is 0 Å². The molecular formula is C39H49N3O7. The van der Waals surface area contributed by atoms with Crippen molar-refractivity contribution in [2.75, 3.05) is 20.2 Å².